The third-order valence-electron chi connectivity index (χ3n) is 19.9. The van der Waals surface area contributed by atoms with Crippen LogP contribution >= 0.6 is 0 Å². The molecule has 3 N–H and O–H groups in total. The highest BCUT2D eigenvalue weighted by Gasteiger charge is 2.20. The van der Waals surface area contributed by atoms with E-state index in [-0.39, 0.29) is 18.5 Å². The molecule has 0 aliphatic heterocycles. The molecule has 0 spiro atoms. The van der Waals surface area contributed by atoms with Crippen molar-refractivity contribution in [2.45, 2.75) is 501 Å². The van der Waals surface area contributed by atoms with Gasteiger partial charge in [0.25, 0.3) is 0 Å². The van der Waals surface area contributed by atoms with Crippen molar-refractivity contribution in [1.82, 2.24) is 5.32 Å². The van der Waals surface area contributed by atoms with Crippen LogP contribution in [-0.2, 0) is 14.3 Å². The Labute approximate surface area is 553 Å². The first-order valence-corrected chi connectivity index (χ1v) is 41.3. The SMILES string of the molecule is CCCCCCCCCCCCCCCCCCCCCCCC(O)C(CO)NC(=O)CCCCCCCCCCCCCCCCCCCCCCCCCCCCCCCCCCOC(=O)CCCCCCCCCCCCCCCCCCCC. The number of ether oxygens (including phenoxy) is 1. The second-order valence-electron chi connectivity index (χ2n) is 28.8. The number of amides is 1. The van der Waals surface area contributed by atoms with E-state index >= 15 is 0 Å². The Morgan fingerprint density at radius 3 is 0.693 bits per heavy atom. The van der Waals surface area contributed by atoms with Crippen LogP contribution in [-0.4, -0.2) is 47.4 Å². The maximum atomic E-state index is 12.6. The van der Waals surface area contributed by atoms with Crippen LogP contribution in [0, 0.1) is 0 Å². The van der Waals surface area contributed by atoms with Crippen LogP contribution in [0.15, 0.2) is 0 Å². The number of aliphatic hydroxyl groups is 2. The Morgan fingerprint density at radius 1 is 0.273 bits per heavy atom. The third kappa shape index (κ3) is 73.9. The van der Waals surface area contributed by atoms with E-state index in [1.807, 2.05) is 0 Å². The number of carbonyl (C=O) groups excluding carboxylic acids is 2. The van der Waals surface area contributed by atoms with Crippen molar-refractivity contribution in [3.8, 4) is 0 Å². The van der Waals surface area contributed by atoms with E-state index in [2.05, 4.69) is 19.2 Å². The number of nitrogens with one attached hydrogen (secondary N) is 1. The summed E-state index contributed by atoms with van der Waals surface area (Å²) in [5.41, 5.74) is 0. The van der Waals surface area contributed by atoms with Gasteiger partial charge in [-0.2, -0.15) is 0 Å². The predicted octanol–water partition coefficient (Wildman–Crippen LogP) is 27.3. The Morgan fingerprint density at radius 2 is 0.466 bits per heavy atom. The summed E-state index contributed by atoms with van der Waals surface area (Å²) in [7, 11) is 0. The van der Waals surface area contributed by atoms with Gasteiger partial charge in [0.2, 0.25) is 5.91 Å². The van der Waals surface area contributed by atoms with E-state index in [0.717, 1.165) is 38.5 Å². The number of hydrogen-bond donors (Lipinski definition) is 3. The zero-order chi connectivity index (χ0) is 63.5. The van der Waals surface area contributed by atoms with Crippen LogP contribution in [0.4, 0.5) is 0 Å². The first-order valence-electron chi connectivity index (χ1n) is 41.3. The van der Waals surface area contributed by atoms with E-state index in [0.29, 0.717) is 25.9 Å². The molecule has 0 aliphatic carbocycles. The van der Waals surface area contributed by atoms with E-state index in [1.165, 1.54) is 417 Å². The lowest BCUT2D eigenvalue weighted by Gasteiger charge is -2.22. The molecule has 0 aromatic carbocycles. The standard InChI is InChI=1S/C82H163NO5/c1-3-5-7-9-11-13-15-17-19-21-23-36-39-42-46-50-54-58-62-66-70-74-80(85)79(78-84)83-81(86)75-71-67-63-59-55-51-47-43-40-37-34-32-30-28-26-24-25-27-29-31-33-35-38-41-45-49-53-57-61-65-69-73-77-88-82(87)76-72-68-64-60-56-52-48-44-22-20-18-16-14-12-10-8-6-4-2/h79-80,84-85H,3-78H2,1-2H3,(H,83,86). The molecule has 0 heterocycles. The molecule has 0 radical (unpaired) electrons. The number of esters is 1. The monoisotopic (exact) mass is 1240 g/mol. The number of carbonyl (C=O) groups is 2. The lowest BCUT2D eigenvalue weighted by molar-refractivity contribution is -0.143. The summed E-state index contributed by atoms with van der Waals surface area (Å²) in [4.78, 5) is 24.7. The topological polar surface area (TPSA) is 95.9 Å². The molecule has 0 rings (SSSR count). The summed E-state index contributed by atoms with van der Waals surface area (Å²) in [5, 5.41) is 23.5. The van der Waals surface area contributed by atoms with Crippen LogP contribution in [0.25, 0.3) is 0 Å². The Bertz CT molecular complexity index is 1290. The lowest BCUT2D eigenvalue weighted by atomic mass is 10.0. The van der Waals surface area contributed by atoms with Gasteiger partial charge in [0.15, 0.2) is 0 Å². The Hall–Kier alpha value is -1.14. The molecule has 0 aromatic rings. The number of hydrogen-bond acceptors (Lipinski definition) is 5. The van der Waals surface area contributed by atoms with Crippen LogP contribution in [0.2, 0.25) is 0 Å². The first-order chi connectivity index (χ1) is 43.5. The number of rotatable bonds is 79. The average Bonchev–Trinajstić information content (AvgIpc) is 3.58. The van der Waals surface area contributed by atoms with Crippen molar-refractivity contribution >= 4 is 11.9 Å². The fourth-order valence-electron chi connectivity index (χ4n) is 13.6. The molecule has 0 aromatic heterocycles. The third-order valence-corrected chi connectivity index (χ3v) is 19.9. The fraction of sp³-hybridized carbons (Fsp3) is 0.976. The average molecular weight is 1240 g/mol. The molecule has 526 valence electrons. The summed E-state index contributed by atoms with van der Waals surface area (Å²) >= 11 is 0. The summed E-state index contributed by atoms with van der Waals surface area (Å²) in [6.45, 7) is 5.03. The van der Waals surface area contributed by atoms with Crippen molar-refractivity contribution in [2.24, 2.45) is 0 Å². The van der Waals surface area contributed by atoms with E-state index in [4.69, 9.17) is 4.74 Å². The maximum Gasteiger partial charge on any atom is 0.305 e. The molecule has 0 saturated carbocycles. The van der Waals surface area contributed by atoms with Gasteiger partial charge in [0.1, 0.15) is 0 Å². The molecular weight excluding hydrogens is 1080 g/mol. The largest absolute Gasteiger partial charge is 0.466 e. The smallest absolute Gasteiger partial charge is 0.305 e. The molecule has 0 aliphatic rings. The van der Waals surface area contributed by atoms with E-state index in [1.54, 1.807) is 0 Å². The minimum Gasteiger partial charge on any atom is -0.466 e. The second-order valence-corrected chi connectivity index (χ2v) is 28.8. The van der Waals surface area contributed by atoms with E-state index in [9.17, 15) is 19.8 Å². The Balaban J connectivity index is 3.30. The molecule has 88 heavy (non-hydrogen) atoms. The minimum absolute atomic E-state index is 0.0242. The molecule has 6 heteroatoms. The zero-order valence-electron chi connectivity index (χ0n) is 60.5. The summed E-state index contributed by atoms with van der Waals surface area (Å²) < 4.78 is 5.52. The Kier molecular flexibility index (Phi) is 77.3. The molecular formula is C82H163NO5. The maximum absolute atomic E-state index is 12.6. The molecule has 0 bridgehead atoms. The van der Waals surface area contributed by atoms with Crippen LogP contribution in [0.1, 0.15) is 489 Å². The molecule has 1 amide bonds. The van der Waals surface area contributed by atoms with Gasteiger partial charge in [-0.1, -0.05) is 450 Å². The highest BCUT2D eigenvalue weighted by molar-refractivity contribution is 5.76. The van der Waals surface area contributed by atoms with Gasteiger partial charge in [-0.3, -0.25) is 9.59 Å². The second kappa shape index (κ2) is 78.3. The minimum atomic E-state index is -0.661. The normalized spacial score (nSPS) is 12.4. The highest BCUT2D eigenvalue weighted by Crippen LogP contribution is 2.21. The molecule has 0 saturated heterocycles. The summed E-state index contributed by atoms with van der Waals surface area (Å²) in [6.07, 6.45) is 97.8. The van der Waals surface area contributed by atoms with Gasteiger partial charge >= 0.3 is 5.97 Å². The van der Waals surface area contributed by atoms with Crippen molar-refractivity contribution in [3.05, 3.63) is 0 Å². The van der Waals surface area contributed by atoms with Crippen LogP contribution < -0.4 is 5.32 Å². The van der Waals surface area contributed by atoms with Crippen LogP contribution in [0.5, 0.6) is 0 Å². The summed E-state index contributed by atoms with van der Waals surface area (Å²) in [5.74, 6) is 0.00317. The quantitative estimate of drug-likeness (QED) is 0.0417. The first kappa shape index (κ1) is 86.9. The van der Waals surface area contributed by atoms with Crippen molar-refractivity contribution in [2.75, 3.05) is 13.2 Å². The number of aliphatic hydroxyl groups excluding tert-OH is 2. The highest BCUT2D eigenvalue weighted by atomic mass is 16.5. The van der Waals surface area contributed by atoms with Gasteiger partial charge in [-0.15, -0.1) is 0 Å². The van der Waals surface area contributed by atoms with Crippen LogP contribution in [0.3, 0.4) is 0 Å². The molecule has 2 unspecified atom stereocenters. The van der Waals surface area contributed by atoms with Gasteiger partial charge in [-0.25, -0.2) is 0 Å². The number of unbranched alkanes of at least 4 members (excludes halogenated alkanes) is 68. The predicted molar refractivity (Wildman–Crippen MR) is 389 cm³/mol. The van der Waals surface area contributed by atoms with Gasteiger partial charge < -0.3 is 20.3 Å². The molecule has 6 nitrogen and oxygen atoms in total. The molecule has 2 atom stereocenters. The van der Waals surface area contributed by atoms with Crippen molar-refractivity contribution < 1.29 is 24.5 Å². The van der Waals surface area contributed by atoms with Gasteiger partial charge in [-0.05, 0) is 25.7 Å². The zero-order valence-corrected chi connectivity index (χ0v) is 60.5. The van der Waals surface area contributed by atoms with Gasteiger partial charge in [0, 0.05) is 12.8 Å². The van der Waals surface area contributed by atoms with Gasteiger partial charge in [0.05, 0.1) is 25.4 Å². The van der Waals surface area contributed by atoms with Crippen molar-refractivity contribution in [1.29, 1.82) is 0 Å². The van der Waals surface area contributed by atoms with Crippen molar-refractivity contribution in [3.63, 3.8) is 0 Å². The fourth-order valence-corrected chi connectivity index (χ4v) is 13.6. The molecule has 0 fully saturated rings. The lowest BCUT2D eigenvalue weighted by Crippen LogP contribution is -2.45. The van der Waals surface area contributed by atoms with E-state index < -0.39 is 12.1 Å². The summed E-state index contributed by atoms with van der Waals surface area (Å²) in [6, 6.07) is -0.538.